The van der Waals surface area contributed by atoms with Crippen molar-refractivity contribution < 1.29 is 9.47 Å². The highest BCUT2D eigenvalue weighted by Gasteiger charge is 2.23. The topological polar surface area (TPSA) is 34.9 Å². The number of hydrogen-bond acceptors (Lipinski definition) is 2. The Bertz CT molecular complexity index is 874. The first-order valence-corrected chi connectivity index (χ1v) is 10.2. The van der Waals surface area contributed by atoms with E-state index < -0.39 is 0 Å². The van der Waals surface area contributed by atoms with Crippen LogP contribution in [0.25, 0.3) is 0 Å². The molecule has 3 nitrogen and oxygen atoms in total. The van der Waals surface area contributed by atoms with Gasteiger partial charge >= 0.3 is 0 Å². The van der Waals surface area contributed by atoms with Gasteiger partial charge in [-0.15, -0.1) is 0 Å². The van der Waals surface area contributed by atoms with E-state index in [0.29, 0.717) is 6.10 Å². The average molecular weight is 375 g/mol. The van der Waals surface area contributed by atoms with Gasteiger partial charge in [0.1, 0.15) is 0 Å². The second-order valence-corrected chi connectivity index (χ2v) is 7.50. The van der Waals surface area contributed by atoms with Gasteiger partial charge in [0.05, 0.1) is 6.10 Å². The highest BCUT2D eigenvalue weighted by Crippen LogP contribution is 2.37. The van der Waals surface area contributed by atoms with Gasteiger partial charge < -0.3 is 9.47 Å². The van der Waals surface area contributed by atoms with Crippen molar-refractivity contribution in [3.63, 3.8) is 0 Å². The molecule has 0 radical (unpaired) electrons. The summed E-state index contributed by atoms with van der Waals surface area (Å²) in [7, 11) is 1.84. The minimum Gasteiger partial charge on any atom is -0.582 e. The Morgan fingerprint density at radius 3 is 2.43 bits per heavy atom. The number of hydrogen-bond donors (Lipinski definition) is 0. The minimum atomic E-state index is 0.264. The second kappa shape index (κ2) is 8.92. The molecule has 0 unspecified atom stereocenters. The number of aromatic hydroxyl groups is 1. The van der Waals surface area contributed by atoms with Gasteiger partial charge in [-0.3, -0.25) is 4.98 Å². The Morgan fingerprint density at radius 1 is 0.964 bits per heavy atom. The maximum Gasteiger partial charge on any atom is 0.297 e. The molecule has 2 aromatic carbocycles. The minimum absolute atomic E-state index is 0.264. The van der Waals surface area contributed by atoms with E-state index in [0.717, 1.165) is 30.8 Å². The largest absolute Gasteiger partial charge is 0.582 e. The Kier molecular flexibility index (Phi) is 5.91. The molecule has 0 spiro atoms. The summed E-state index contributed by atoms with van der Waals surface area (Å²) in [6.07, 6.45) is 9.80. The number of ether oxygens (including phenoxy) is 2. The van der Waals surface area contributed by atoms with Crippen LogP contribution in [0.4, 0.5) is 0 Å². The maximum absolute atomic E-state index is 6.37. The van der Waals surface area contributed by atoms with Crippen molar-refractivity contribution in [2.24, 2.45) is 0 Å². The van der Waals surface area contributed by atoms with E-state index in [4.69, 9.17) is 4.74 Å². The molecule has 28 heavy (non-hydrogen) atoms. The van der Waals surface area contributed by atoms with E-state index in [-0.39, 0.29) is 5.92 Å². The van der Waals surface area contributed by atoms with E-state index in [1.165, 1.54) is 29.5 Å². The van der Waals surface area contributed by atoms with Crippen LogP contribution >= 0.6 is 0 Å². The summed E-state index contributed by atoms with van der Waals surface area (Å²) in [6.45, 7) is 0. The molecule has 1 aromatic heterocycles. The first-order chi connectivity index (χ1) is 13.8. The first-order valence-electron chi connectivity index (χ1n) is 10.2. The molecular formula is C25H28NO2+. The zero-order chi connectivity index (χ0) is 19.2. The van der Waals surface area contributed by atoms with Gasteiger partial charge in [-0.1, -0.05) is 30.3 Å². The summed E-state index contributed by atoms with van der Waals surface area (Å²) in [5, 5.41) is 0. The summed E-state index contributed by atoms with van der Waals surface area (Å²) in [5.74, 6) is 2.12. The van der Waals surface area contributed by atoms with Crippen molar-refractivity contribution in [1.29, 1.82) is 0 Å². The molecule has 1 saturated carbocycles. The van der Waals surface area contributed by atoms with Gasteiger partial charge in [-0.05, 0) is 73.1 Å². The predicted molar refractivity (Wildman–Crippen MR) is 113 cm³/mol. The van der Waals surface area contributed by atoms with Crippen molar-refractivity contribution in [2.75, 3.05) is 7.11 Å². The lowest BCUT2D eigenvalue weighted by molar-refractivity contribution is 0.115. The molecule has 1 atom stereocenters. The molecule has 1 aliphatic rings. The van der Waals surface area contributed by atoms with Crippen LogP contribution in [-0.4, -0.2) is 22.9 Å². The van der Waals surface area contributed by atoms with Crippen LogP contribution in [0.3, 0.4) is 0 Å². The molecular weight excluding hydrogens is 346 g/mol. The number of aromatic nitrogens is 1. The Morgan fingerprint density at radius 2 is 1.71 bits per heavy atom. The van der Waals surface area contributed by atoms with Gasteiger partial charge in [0.15, 0.2) is 7.11 Å². The van der Waals surface area contributed by atoms with Gasteiger partial charge in [0.2, 0.25) is 5.75 Å². The fourth-order valence-corrected chi connectivity index (χ4v) is 4.08. The zero-order valence-corrected chi connectivity index (χ0v) is 16.4. The predicted octanol–water partition coefficient (Wildman–Crippen LogP) is 5.65. The molecule has 1 aliphatic carbocycles. The smallest absolute Gasteiger partial charge is 0.297 e. The number of pyridine rings is 1. The van der Waals surface area contributed by atoms with Gasteiger partial charge in [0.25, 0.3) is 5.75 Å². The third-order valence-electron chi connectivity index (χ3n) is 5.61. The third-order valence-corrected chi connectivity index (χ3v) is 5.61. The fourth-order valence-electron chi connectivity index (χ4n) is 4.08. The lowest BCUT2D eigenvalue weighted by Crippen LogP contribution is -2.12. The second-order valence-electron chi connectivity index (χ2n) is 7.50. The van der Waals surface area contributed by atoms with Crippen LogP contribution in [0.1, 0.15) is 48.3 Å². The van der Waals surface area contributed by atoms with Crippen molar-refractivity contribution in [2.45, 2.75) is 44.1 Å². The maximum atomic E-state index is 6.37. The lowest BCUT2D eigenvalue weighted by atomic mass is 9.86. The summed E-state index contributed by atoms with van der Waals surface area (Å²) < 4.78 is 10.8. The van der Waals surface area contributed by atoms with Crippen molar-refractivity contribution in [3.8, 4) is 11.5 Å². The van der Waals surface area contributed by atoms with Gasteiger partial charge in [-0.25, -0.2) is 0 Å². The van der Waals surface area contributed by atoms with Crippen LogP contribution in [0.15, 0.2) is 73.1 Å². The third kappa shape index (κ3) is 4.36. The van der Waals surface area contributed by atoms with Crippen LogP contribution in [0, 0.1) is 0 Å². The lowest BCUT2D eigenvalue weighted by Gasteiger charge is -2.21. The molecule has 0 amide bonds. The van der Waals surface area contributed by atoms with Gasteiger partial charge in [-0.2, -0.15) is 0 Å². The average Bonchev–Trinajstić information content (AvgIpc) is 3.26. The molecule has 3 heteroatoms. The Balaban J connectivity index is 1.68. The van der Waals surface area contributed by atoms with E-state index >= 15 is 0 Å². The molecule has 0 bridgehead atoms. The highest BCUT2D eigenvalue weighted by atomic mass is 16.5. The van der Waals surface area contributed by atoms with E-state index in [9.17, 15) is 0 Å². The molecule has 1 heterocycles. The molecule has 1 fully saturated rings. The van der Waals surface area contributed by atoms with E-state index in [2.05, 4.69) is 70.4 Å². The first kappa shape index (κ1) is 18.5. The summed E-state index contributed by atoms with van der Waals surface area (Å²) in [4.78, 5) is 4.16. The van der Waals surface area contributed by atoms with Crippen LogP contribution in [-0.2, 0) is 6.42 Å². The normalized spacial score (nSPS) is 15.3. The van der Waals surface area contributed by atoms with Crippen LogP contribution < -0.4 is 4.74 Å². The van der Waals surface area contributed by atoms with Crippen molar-refractivity contribution in [3.05, 3.63) is 89.7 Å². The standard InChI is InChI=1S/C25H27NO2/c1-27-24-12-11-21(18-25(24)28-22-9-5-6-10-22)23(20-7-3-2-4-8-20)17-19-13-15-26-16-14-19/h2-4,7-8,11-16,18,22-23H,5-6,9-10,17H2,1H3/p+1/t23-/m1/s1. The quantitative estimate of drug-likeness (QED) is 0.501. The molecule has 3 aromatic rings. The summed E-state index contributed by atoms with van der Waals surface area (Å²) >= 11 is 0. The zero-order valence-electron chi connectivity index (χ0n) is 16.4. The Labute approximate surface area is 167 Å². The number of benzene rings is 2. The highest BCUT2D eigenvalue weighted by molar-refractivity contribution is 5.46. The molecule has 4 rings (SSSR count). The molecule has 1 N–H and O–H groups in total. The van der Waals surface area contributed by atoms with Gasteiger partial charge in [0, 0.05) is 24.4 Å². The fraction of sp³-hybridized carbons (Fsp3) is 0.320. The summed E-state index contributed by atoms with van der Waals surface area (Å²) in [6, 6.07) is 21.4. The molecule has 0 aliphatic heterocycles. The Hall–Kier alpha value is -2.81. The summed E-state index contributed by atoms with van der Waals surface area (Å²) in [5.41, 5.74) is 3.86. The van der Waals surface area contributed by atoms with E-state index in [1.54, 1.807) is 0 Å². The van der Waals surface area contributed by atoms with E-state index in [1.807, 2.05) is 19.5 Å². The monoisotopic (exact) mass is 374 g/mol. The van der Waals surface area contributed by atoms with Crippen molar-refractivity contribution in [1.82, 2.24) is 4.98 Å². The molecule has 144 valence electrons. The number of aliphatic hydroxyl groups is 1. The SMILES string of the molecule is C[OH+]c1ccc([C@H](Cc2ccncc2)c2ccccc2)cc1OC1CCCC1. The van der Waals surface area contributed by atoms with Crippen molar-refractivity contribution >= 4 is 0 Å². The molecule has 0 saturated heterocycles. The van der Waals surface area contributed by atoms with Crippen LogP contribution in [0.2, 0.25) is 0 Å². The number of nitrogens with zero attached hydrogens (tertiary/aromatic N) is 1. The number of rotatable bonds is 7. The van der Waals surface area contributed by atoms with Crippen LogP contribution in [0.5, 0.6) is 11.5 Å².